The maximum Gasteiger partial charge on any atom is 0.262 e. The predicted molar refractivity (Wildman–Crippen MR) is 75.4 cm³/mol. The summed E-state index contributed by atoms with van der Waals surface area (Å²) in [5.74, 6) is -0.00727. The van der Waals surface area contributed by atoms with Crippen LogP contribution in [0.2, 0.25) is 0 Å². The van der Waals surface area contributed by atoms with Gasteiger partial charge in [0.1, 0.15) is 0 Å². The van der Waals surface area contributed by atoms with Crippen LogP contribution in [0.25, 0.3) is 0 Å². The van der Waals surface area contributed by atoms with Crippen LogP contribution in [0, 0.1) is 5.92 Å². The van der Waals surface area contributed by atoms with Gasteiger partial charge in [-0.15, -0.1) is 0 Å². The molecule has 0 radical (unpaired) electrons. The molecule has 20 heavy (non-hydrogen) atoms. The van der Waals surface area contributed by atoms with Crippen LogP contribution in [0.1, 0.15) is 16.8 Å². The van der Waals surface area contributed by atoms with Crippen molar-refractivity contribution in [3.8, 4) is 0 Å². The van der Waals surface area contributed by atoms with E-state index in [4.69, 9.17) is 15.4 Å². The van der Waals surface area contributed by atoms with Gasteiger partial charge in [0.15, 0.2) is 0 Å². The number of amides is 1. The minimum Gasteiger partial charge on any atom is -0.384 e. The van der Waals surface area contributed by atoms with Gasteiger partial charge in [-0.1, -0.05) is 12.1 Å². The van der Waals surface area contributed by atoms with Gasteiger partial charge in [0.25, 0.3) is 15.0 Å². The molecule has 1 atom stereocenters. The zero-order valence-electron chi connectivity index (χ0n) is 11.1. The molecule has 1 heterocycles. The third-order valence-corrected chi connectivity index (χ3v) is 4.74. The molecule has 0 aliphatic carbocycles. The maximum absolute atomic E-state index is 12.4. The second-order valence-electron chi connectivity index (χ2n) is 4.80. The number of rotatable bonds is 4. The lowest BCUT2D eigenvalue weighted by atomic mass is 10.1. The molecule has 1 fully saturated rings. The van der Waals surface area contributed by atoms with Crippen molar-refractivity contribution < 1.29 is 17.9 Å². The fraction of sp³-hybridized carbons (Fsp3) is 0.462. The van der Waals surface area contributed by atoms with E-state index in [0.717, 1.165) is 6.42 Å². The predicted octanol–water partition coefficient (Wildman–Crippen LogP) is 1.72. The van der Waals surface area contributed by atoms with Gasteiger partial charge in [0.2, 0.25) is 0 Å². The number of likely N-dealkylation sites (tertiary alicyclic amines) is 1. The number of hydrogen-bond acceptors (Lipinski definition) is 4. The Bertz CT molecular complexity index is 602. The SMILES string of the molecule is COCC1CCN(C(=O)c2ccccc2S(=O)(=O)Cl)C1. The van der Waals surface area contributed by atoms with E-state index in [2.05, 4.69) is 0 Å². The molecule has 110 valence electrons. The van der Waals surface area contributed by atoms with E-state index in [-0.39, 0.29) is 16.4 Å². The molecular weight excluding hydrogens is 302 g/mol. The lowest BCUT2D eigenvalue weighted by molar-refractivity contribution is 0.0772. The summed E-state index contributed by atoms with van der Waals surface area (Å²) in [5.41, 5.74) is 0.126. The maximum atomic E-state index is 12.4. The Balaban J connectivity index is 2.23. The number of hydrogen-bond donors (Lipinski definition) is 0. The Labute approximate surface area is 122 Å². The minimum atomic E-state index is -3.93. The summed E-state index contributed by atoms with van der Waals surface area (Å²) < 4.78 is 28.1. The number of carbonyl (C=O) groups excluding carboxylic acids is 1. The highest BCUT2D eigenvalue weighted by atomic mass is 35.7. The van der Waals surface area contributed by atoms with Crippen LogP contribution in [0.3, 0.4) is 0 Å². The second-order valence-corrected chi connectivity index (χ2v) is 7.33. The molecule has 1 aliphatic heterocycles. The number of methoxy groups -OCH3 is 1. The number of carbonyl (C=O) groups is 1. The van der Waals surface area contributed by atoms with Crippen molar-refractivity contribution in [1.82, 2.24) is 4.90 Å². The molecule has 0 saturated carbocycles. The standard InChI is InChI=1S/C13H16ClNO4S/c1-19-9-10-6-7-15(8-10)13(16)11-4-2-3-5-12(11)20(14,17)18/h2-5,10H,6-9H2,1H3. The first kappa shape index (κ1) is 15.3. The van der Waals surface area contributed by atoms with Crippen molar-refractivity contribution in [1.29, 1.82) is 0 Å². The van der Waals surface area contributed by atoms with Gasteiger partial charge in [-0.2, -0.15) is 0 Å². The zero-order chi connectivity index (χ0) is 14.8. The molecular formula is C13H16ClNO4S. The highest BCUT2D eigenvalue weighted by molar-refractivity contribution is 8.13. The van der Waals surface area contributed by atoms with E-state index in [0.29, 0.717) is 25.6 Å². The van der Waals surface area contributed by atoms with Crippen molar-refractivity contribution >= 4 is 25.6 Å². The van der Waals surface area contributed by atoms with E-state index in [1.54, 1.807) is 24.1 Å². The highest BCUT2D eigenvalue weighted by Gasteiger charge is 2.29. The topological polar surface area (TPSA) is 63.7 Å². The molecule has 1 amide bonds. The average molecular weight is 318 g/mol. The summed E-state index contributed by atoms with van der Waals surface area (Å²) in [6, 6.07) is 6.00. The molecule has 1 aromatic rings. The normalized spacial score (nSPS) is 19.3. The van der Waals surface area contributed by atoms with E-state index in [1.807, 2.05) is 0 Å². The Morgan fingerprint density at radius 1 is 1.45 bits per heavy atom. The van der Waals surface area contributed by atoms with Gasteiger partial charge >= 0.3 is 0 Å². The van der Waals surface area contributed by atoms with Crippen LogP contribution < -0.4 is 0 Å². The molecule has 1 aromatic carbocycles. The lowest BCUT2D eigenvalue weighted by Gasteiger charge is -2.17. The summed E-state index contributed by atoms with van der Waals surface area (Å²) in [4.78, 5) is 13.9. The highest BCUT2D eigenvalue weighted by Crippen LogP contribution is 2.24. The third-order valence-electron chi connectivity index (χ3n) is 3.36. The minimum absolute atomic E-state index is 0.126. The van der Waals surface area contributed by atoms with Crippen molar-refractivity contribution in [2.24, 2.45) is 5.92 Å². The van der Waals surface area contributed by atoms with Gasteiger partial charge < -0.3 is 9.64 Å². The van der Waals surface area contributed by atoms with Crippen LogP contribution in [0.5, 0.6) is 0 Å². The fourth-order valence-corrected chi connectivity index (χ4v) is 3.48. The van der Waals surface area contributed by atoms with Crippen LogP contribution in [-0.4, -0.2) is 46.0 Å². The van der Waals surface area contributed by atoms with Crippen molar-refractivity contribution in [3.63, 3.8) is 0 Å². The van der Waals surface area contributed by atoms with Gasteiger partial charge in [0, 0.05) is 36.8 Å². The molecule has 0 bridgehead atoms. The quantitative estimate of drug-likeness (QED) is 0.793. The second kappa shape index (κ2) is 6.11. The molecule has 0 spiro atoms. The monoisotopic (exact) mass is 317 g/mol. The van der Waals surface area contributed by atoms with E-state index >= 15 is 0 Å². The van der Waals surface area contributed by atoms with E-state index in [9.17, 15) is 13.2 Å². The molecule has 1 aliphatic rings. The third kappa shape index (κ3) is 3.31. The van der Waals surface area contributed by atoms with Crippen LogP contribution in [0.4, 0.5) is 0 Å². The van der Waals surface area contributed by atoms with Gasteiger partial charge in [-0.25, -0.2) is 8.42 Å². The van der Waals surface area contributed by atoms with Crippen molar-refractivity contribution in [3.05, 3.63) is 29.8 Å². The fourth-order valence-electron chi connectivity index (χ4n) is 2.42. The number of halogens is 1. The van der Waals surface area contributed by atoms with Gasteiger partial charge in [-0.3, -0.25) is 4.79 Å². The summed E-state index contributed by atoms with van der Waals surface area (Å²) >= 11 is 0. The van der Waals surface area contributed by atoms with Crippen LogP contribution in [-0.2, 0) is 13.8 Å². The lowest BCUT2D eigenvalue weighted by Crippen LogP contribution is -2.30. The van der Waals surface area contributed by atoms with Crippen LogP contribution >= 0.6 is 10.7 Å². The Hall–Kier alpha value is -1.11. The first-order valence-corrected chi connectivity index (χ1v) is 8.56. The van der Waals surface area contributed by atoms with Crippen molar-refractivity contribution in [2.75, 3.05) is 26.8 Å². The van der Waals surface area contributed by atoms with E-state index in [1.165, 1.54) is 12.1 Å². The van der Waals surface area contributed by atoms with Gasteiger partial charge in [0.05, 0.1) is 17.1 Å². The first-order valence-electron chi connectivity index (χ1n) is 6.25. The smallest absolute Gasteiger partial charge is 0.262 e. The average Bonchev–Trinajstić information content (AvgIpc) is 2.86. The summed E-state index contributed by atoms with van der Waals surface area (Å²) in [5, 5.41) is 0. The number of benzene rings is 1. The zero-order valence-corrected chi connectivity index (χ0v) is 12.7. The molecule has 2 rings (SSSR count). The Morgan fingerprint density at radius 2 is 2.15 bits per heavy atom. The van der Waals surface area contributed by atoms with Crippen LogP contribution in [0.15, 0.2) is 29.2 Å². The summed E-state index contributed by atoms with van der Waals surface area (Å²) in [7, 11) is 3.07. The Morgan fingerprint density at radius 3 is 2.80 bits per heavy atom. The van der Waals surface area contributed by atoms with Gasteiger partial charge in [-0.05, 0) is 18.6 Å². The molecule has 0 N–H and O–H groups in total. The summed E-state index contributed by atoms with van der Waals surface area (Å²) in [6.07, 6.45) is 0.857. The molecule has 0 aromatic heterocycles. The largest absolute Gasteiger partial charge is 0.384 e. The molecule has 1 unspecified atom stereocenters. The van der Waals surface area contributed by atoms with E-state index < -0.39 is 9.05 Å². The first-order chi connectivity index (χ1) is 9.43. The van der Waals surface area contributed by atoms with Crippen molar-refractivity contribution in [2.45, 2.75) is 11.3 Å². The number of ether oxygens (including phenoxy) is 1. The summed E-state index contributed by atoms with van der Waals surface area (Å²) in [6.45, 7) is 1.77. The molecule has 5 nitrogen and oxygen atoms in total. The Kier molecular flexibility index (Phi) is 4.67. The molecule has 7 heteroatoms. The molecule has 1 saturated heterocycles. The number of nitrogens with zero attached hydrogens (tertiary/aromatic N) is 1.